The van der Waals surface area contributed by atoms with E-state index in [1.54, 1.807) is 12.4 Å². The van der Waals surface area contributed by atoms with E-state index in [1.165, 1.54) is 16.3 Å². The number of hydrogen-bond donors (Lipinski definition) is 0. The summed E-state index contributed by atoms with van der Waals surface area (Å²) < 4.78 is 2.06. The Labute approximate surface area is 110 Å². The van der Waals surface area contributed by atoms with Gasteiger partial charge in [-0.25, -0.2) is 4.98 Å². The van der Waals surface area contributed by atoms with Crippen molar-refractivity contribution in [2.45, 2.75) is 0 Å². The molecule has 0 aliphatic rings. The molecule has 2 aromatic carbocycles. The second-order valence-corrected chi connectivity index (χ2v) is 4.47. The van der Waals surface area contributed by atoms with E-state index in [1.807, 2.05) is 12.4 Å². The Morgan fingerprint density at radius 2 is 1.79 bits per heavy atom. The number of fused-ring (bicyclic) bond motifs is 2. The van der Waals surface area contributed by atoms with Gasteiger partial charge in [-0.1, -0.05) is 42.5 Å². The molecule has 0 atom stereocenters. The lowest BCUT2D eigenvalue weighted by molar-refractivity contribution is 1.14. The van der Waals surface area contributed by atoms with Crippen molar-refractivity contribution in [1.82, 2.24) is 14.4 Å². The van der Waals surface area contributed by atoms with Gasteiger partial charge in [0.05, 0.1) is 18.1 Å². The standard InChI is InChI=1S/C16H11N3/c1-2-6-13-12(4-1)5-3-7-14(13)15-10-17-11-16-18-8-9-19(15)16/h1-11H. The van der Waals surface area contributed by atoms with Crippen molar-refractivity contribution in [2.24, 2.45) is 0 Å². The lowest BCUT2D eigenvalue weighted by Crippen LogP contribution is -1.93. The van der Waals surface area contributed by atoms with E-state index < -0.39 is 0 Å². The maximum absolute atomic E-state index is 4.29. The summed E-state index contributed by atoms with van der Waals surface area (Å²) in [5.41, 5.74) is 3.10. The fourth-order valence-electron chi connectivity index (χ4n) is 2.50. The summed E-state index contributed by atoms with van der Waals surface area (Å²) in [4.78, 5) is 8.57. The van der Waals surface area contributed by atoms with E-state index in [9.17, 15) is 0 Å². The third-order valence-electron chi connectivity index (χ3n) is 3.38. The first kappa shape index (κ1) is 10.3. The quantitative estimate of drug-likeness (QED) is 0.513. The van der Waals surface area contributed by atoms with Gasteiger partial charge in [-0.3, -0.25) is 9.38 Å². The molecule has 4 rings (SSSR count). The van der Waals surface area contributed by atoms with Gasteiger partial charge in [-0.2, -0.15) is 0 Å². The van der Waals surface area contributed by atoms with Crippen LogP contribution in [0.5, 0.6) is 0 Å². The molecule has 0 radical (unpaired) electrons. The molecule has 0 aliphatic carbocycles. The molecule has 4 aromatic rings. The molecule has 90 valence electrons. The zero-order valence-corrected chi connectivity index (χ0v) is 10.2. The van der Waals surface area contributed by atoms with E-state index in [0.29, 0.717) is 0 Å². The van der Waals surface area contributed by atoms with Crippen LogP contribution in [0.3, 0.4) is 0 Å². The van der Waals surface area contributed by atoms with Gasteiger partial charge in [-0.05, 0) is 10.8 Å². The highest BCUT2D eigenvalue weighted by Crippen LogP contribution is 2.28. The lowest BCUT2D eigenvalue weighted by atomic mass is 10.0. The molecule has 0 amide bonds. The molecule has 2 heterocycles. The van der Waals surface area contributed by atoms with Crippen molar-refractivity contribution in [1.29, 1.82) is 0 Å². The number of benzene rings is 2. The molecular formula is C16H11N3. The molecular weight excluding hydrogens is 234 g/mol. The molecule has 0 aliphatic heterocycles. The minimum Gasteiger partial charge on any atom is -0.297 e. The number of aromatic nitrogens is 3. The predicted molar refractivity (Wildman–Crippen MR) is 75.9 cm³/mol. The van der Waals surface area contributed by atoms with E-state index in [-0.39, 0.29) is 0 Å². The Morgan fingerprint density at radius 3 is 2.79 bits per heavy atom. The zero-order chi connectivity index (χ0) is 12.7. The third-order valence-corrected chi connectivity index (χ3v) is 3.38. The van der Waals surface area contributed by atoms with Gasteiger partial charge >= 0.3 is 0 Å². The van der Waals surface area contributed by atoms with E-state index >= 15 is 0 Å². The zero-order valence-electron chi connectivity index (χ0n) is 10.2. The average Bonchev–Trinajstić information content (AvgIpc) is 2.95. The Hall–Kier alpha value is -2.68. The molecule has 0 saturated carbocycles. The van der Waals surface area contributed by atoms with Gasteiger partial charge in [0.25, 0.3) is 0 Å². The predicted octanol–water partition coefficient (Wildman–Crippen LogP) is 3.55. The smallest absolute Gasteiger partial charge is 0.155 e. The van der Waals surface area contributed by atoms with Gasteiger partial charge in [0.15, 0.2) is 5.65 Å². The monoisotopic (exact) mass is 245 g/mol. The molecule has 0 bridgehead atoms. The second kappa shape index (κ2) is 3.92. The largest absolute Gasteiger partial charge is 0.297 e. The van der Waals surface area contributed by atoms with Crippen molar-refractivity contribution < 1.29 is 0 Å². The second-order valence-electron chi connectivity index (χ2n) is 4.47. The first-order chi connectivity index (χ1) is 9.43. The van der Waals surface area contributed by atoms with Crippen LogP contribution in [0.25, 0.3) is 27.7 Å². The highest BCUT2D eigenvalue weighted by molar-refractivity contribution is 5.95. The van der Waals surface area contributed by atoms with Crippen LogP contribution >= 0.6 is 0 Å². The molecule has 3 heteroatoms. The van der Waals surface area contributed by atoms with Crippen LogP contribution in [0.2, 0.25) is 0 Å². The van der Waals surface area contributed by atoms with E-state index in [4.69, 9.17) is 0 Å². The van der Waals surface area contributed by atoms with Gasteiger partial charge < -0.3 is 0 Å². The number of imidazole rings is 1. The van der Waals surface area contributed by atoms with Gasteiger partial charge in [0.2, 0.25) is 0 Å². The summed E-state index contributed by atoms with van der Waals surface area (Å²) in [6.07, 6.45) is 7.42. The molecule has 0 saturated heterocycles. The van der Waals surface area contributed by atoms with Gasteiger partial charge in [0.1, 0.15) is 0 Å². The van der Waals surface area contributed by atoms with Crippen LogP contribution in [0.15, 0.2) is 67.3 Å². The summed E-state index contributed by atoms with van der Waals surface area (Å²) in [5.74, 6) is 0. The first-order valence-corrected chi connectivity index (χ1v) is 6.19. The molecule has 2 aromatic heterocycles. The Balaban J connectivity index is 2.12. The molecule has 0 N–H and O–H groups in total. The number of nitrogens with zero attached hydrogens (tertiary/aromatic N) is 3. The van der Waals surface area contributed by atoms with Crippen LogP contribution < -0.4 is 0 Å². The summed E-state index contributed by atoms with van der Waals surface area (Å²) >= 11 is 0. The minimum atomic E-state index is 0.866. The number of hydrogen-bond acceptors (Lipinski definition) is 2. The fourth-order valence-corrected chi connectivity index (χ4v) is 2.50. The van der Waals surface area contributed by atoms with Crippen molar-refractivity contribution in [3.05, 3.63) is 67.3 Å². The summed E-state index contributed by atoms with van der Waals surface area (Å²) in [7, 11) is 0. The first-order valence-electron chi connectivity index (χ1n) is 6.19. The van der Waals surface area contributed by atoms with Gasteiger partial charge in [0, 0.05) is 18.0 Å². The lowest BCUT2D eigenvalue weighted by Gasteiger charge is -2.08. The molecule has 3 nitrogen and oxygen atoms in total. The highest BCUT2D eigenvalue weighted by atomic mass is 15.0. The Morgan fingerprint density at radius 1 is 0.895 bits per heavy atom. The van der Waals surface area contributed by atoms with Crippen LogP contribution in [0.1, 0.15) is 0 Å². The van der Waals surface area contributed by atoms with E-state index in [2.05, 4.69) is 56.8 Å². The maximum atomic E-state index is 4.29. The molecule has 0 unspecified atom stereocenters. The van der Waals surface area contributed by atoms with Crippen LogP contribution in [0, 0.1) is 0 Å². The third kappa shape index (κ3) is 1.52. The summed E-state index contributed by atoms with van der Waals surface area (Å²) in [6.45, 7) is 0. The Bertz CT molecular complexity index is 872. The fraction of sp³-hybridized carbons (Fsp3) is 0. The van der Waals surface area contributed by atoms with Crippen LogP contribution in [-0.2, 0) is 0 Å². The minimum absolute atomic E-state index is 0.866. The van der Waals surface area contributed by atoms with Crippen molar-refractivity contribution in [3.63, 3.8) is 0 Å². The van der Waals surface area contributed by atoms with Crippen LogP contribution in [0.4, 0.5) is 0 Å². The summed E-state index contributed by atoms with van der Waals surface area (Å²) in [6, 6.07) is 14.7. The topological polar surface area (TPSA) is 30.2 Å². The average molecular weight is 245 g/mol. The molecule has 0 spiro atoms. The van der Waals surface area contributed by atoms with E-state index in [0.717, 1.165) is 11.3 Å². The Kier molecular flexibility index (Phi) is 2.12. The molecule has 0 fully saturated rings. The maximum Gasteiger partial charge on any atom is 0.155 e. The van der Waals surface area contributed by atoms with Crippen molar-refractivity contribution >= 4 is 16.4 Å². The van der Waals surface area contributed by atoms with Crippen molar-refractivity contribution in [3.8, 4) is 11.3 Å². The number of rotatable bonds is 1. The normalized spacial score (nSPS) is 11.2. The highest BCUT2D eigenvalue weighted by Gasteiger charge is 2.07. The van der Waals surface area contributed by atoms with Gasteiger partial charge in [-0.15, -0.1) is 0 Å². The van der Waals surface area contributed by atoms with Crippen LogP contribution in [-0.4, -0.2) is 14.4 Å². The summed E-state index contributed by atoms with van der Waals surface area (Å²) in [5, 5.41) is 2.46. The molecule has 19 heavy (non-hydrogen) atoms. The van der Waals surface area contributed by atoms with Crippen molar-refractivity contribution in [2.75, 3.05) is 0 Å². The SMILES string of the molecule is c1ccc2c(-c3cncc4nccn34)cccc2c1.